The Morgan fingerprint density at radius 2 is 1.93 bits per heavy atom. The SMILES string of the molecule is Cc1ccc(NC(=O)/C(C#N)=C\c2ccc3c(c2)[C@H](C)CC(C)(C)N3C)cc1. The number of rotatable bonds is 3. The number of amides is 1. The van der Waals surface area contributed by atoms with Gasteiger partial charge in [-0.25, -0.2) is 0 Å². The molecule has 0 saturated carbocycles. The van der Waals surface area contributed by atoms with E-state index in [0.717, 1.165) is 17.5 Å². The predicted molar refractivity (Wildman–Crippen MR) is 115 cm³/mol. The Morgan fingerprint density at radius 1 is 1.25 bits per heavy atom. The molecule has 0 fully saturated rings. The monoisotopic (exact) mass is 373 g/mol. The van der Waals surface area contributed by atoms with Gasteiger partial charge < -0.3 is 10.2 Å². The summed E-state index contributed by atoms with van der Waals surface area (Å²) in [5.41, 5.74) is 5.34. The van der Waals surface area contributed by atoms with Crippen LogP contribution >= 0.6 is 0 Å². The molecule has 1 aliphatic rings. The Morgan fingerprint density at radius 3 is 2.57 bits per heavy atom. The first-order chi connectivity index (χ1) is 13.2. The number of carbonyl (C=O) groups is 1. The molecule has 0 bridgehead atoms. The Bertz CT molecular complexity index is 964. The molecule has 0 saturated heterocycles. The minimum atomic E-state index is -0.393. The minimum absolute atomic E-state index is 0.0951. The van der Waals surface area contributed by atoms with Crippen LogP contribution in [0, 0.1) is 18.3 Å². The van der Waals surface area contributed by atoms with Crippen molar-refractivity contribution in [2.45, 2.75) is 45.6 Å². The van der Waals surface area contributed by atoms with Gasteiger partial charge in [0, 0.05) is 24.0 Å². The zero-order valence-corrected chi connectivity index (χ0v) is 17.2. The van der Waals surface area contributed by atoms with Crippen LogP contribution in [-0.2, 0) is 4.79 Å². The second kappa shape index (κ2) is 7.52. The molecule has 0 aliphatic carbocycles. The number of aryl methyl sites for hydroxylation is 1. The maximum absolute atomic E-state index is 12.5. The molecule has 1 atom stereocenters. The first-order valence-corrected chi connectivity index (χ1v) is 9.59. The second-order valence-electron chi connectivity index (χ2n) is 8.28. The van der Waals surface area contributed by atoms with Crippen molar-refractivity contribution < 1.29 is 4.79 Å². The van der Waals surface area contributed by atoms with Gasteiger partial charge in [0.15, 0.2) is 0 Å². The smallest absolute Gasteiger partial charge is 0.266 e. The largest absolute Gasteiger partial charge is 0.369 e. The third kappa shape index (κ3) is 3.94. The van der Waals surface area contributed by atoms with Gasteiger partial charge in [-0.15, -0.1) is 0 Å². The Labute approximate surface area is 167 Å². The number of nitriles is 1. The van der Waals surface area contributed by atoms with Crippen molar-refractivity contribution in [2.24, 2.45) is 0 Å². The highest BCUT2D eigenvalue weighted by Crippen LogP contribution is 2.42. The molecule has 28 heavy (non-hydrogen) atoms. The van der Waals surface area contributed by atoms with Gasteiger partial charge in [0.1, 0.15) is 11.6 Å². The summed E-state index contributed by atoms with van der Waals surface area (Å²) >= 11 is 0. The number of hydrogen-bond acceptors (Lipinski definition) is 3. The van der Waals surface area contributed by atoms with Crippen LogP contribution in [0.2, 0.25) is 0 Å². The van der Waals surface area contributed by atoms with E-state index in [-0.39, 0.29) is 11.1 Å². The van der Waals surface area contributed by atoms with E-state index in [1.54, 1.807) is 6.08 Å². The van der Waals surface area contributed by atoms with E-state index in [2.05, 4.69) is 50.2 Å². The van der Waals surface area contributed by atoms with Crippen LogP contribution < -0.4 is 10.2 Å². The van der Waals surface area contributed by atoms with Crippen molar-refractivity contribution in [2.75, 3.05) is 17.3 Å². The molecule has 4 nitrogen and oxygen atoms in total. The highest BCUT2D eigenvalue weighted by Gasteiger charge is 2.33. The lowest BCUT2D eigenvalue weighted by atomic mass is 9.80. The van der Waals surface area contributed by atoms with Gasteiger partial charge in [0.25, 0.3) is 5.91 Å². The molecule has 3 rings (SSSR count). The van der Waals surface area contributed by atoms with Crippen molar-refractivity contribution in [3.05, 3.63) is 64.7 Å². The van der Waals surface area contributed by atoms with Crippen LogP contribution in [0.4, 0.5) is 11.4 Å². The average molecular weight is 374 g/mol. The predicted octanol–water partition coefficient (Wildman–Crippen LogP) is 5.26. The number of nitrogens with zero attached hydrogens (tertiary/aromatic N) is 2. The standard InChI is InChI=1S/C24H27N3O/c1-16-6-9-20(10-7-16)26-23(28)19(15-25)12-18-8-11-22-21(13-18)17(2)14-24(3,4)27(22)5/h6-13,17H,14H2,1-5H3,(H,26,28)/b19-12-/t17-/m1/s1. The number of nitrogens with one attached hydrogen (secondary N) is 1. The summed E-state index contributed by atoms with van der Waals surface area (Å²) in [6.45, 7) is 8.73. The van der Waals surface area contributed by atoms with Gasteiger partial charge in [-0.05, 0) is 74.6 Å². The summed E-state index contributed by atoms with van der Waals surface area (Å²) < 4.78 is 0. The molecule has 1 amide bonds. The van der Waals surface area contributed by atoms with E-state index in [9.17, 15) is 10.1 Å². The van der Waals surface area contributed by atoms with Crippen molar-refractivity contribution >= 4 is 23.4 Å². The summed E-state index contributed by atoms with van der Waals surface area (Å²) in [5, 5.41) is 12.3. The quantitative estimate of drug-likeness (QED) is 0.589. The van der Waals surface area contributed by atoms with Gasteiger partial charge in [-0.1, -0.05) is 30.7 Å². The third-order valence-corrected chi connectivity index (χ3v) is 5.64. The summed E-state index contributed by atoms with van der Waals surface area (Å²) in [4.78, 5) is 14.8. The number of benzene rings is 2. The highest BCUT2D eigenvalue weighted by molar-refractivity contribution is 6.09. The van der Waals surface area contributed by atoms with Gasteiger partial charge in [-0.2, -0.15) is 5.26 Å². The molecule has 1 heterocycles. The molecule has 1 N–H and O–H groups in total. The Kier molecular flexibility index (Phi) is 5.29. The van der Waals surface area contributed by atoms with E-state index < -0.39 is 5.91 Å². The number of carbonyl (C=O) groups excluding carboxylic acids is 1. The lowest BCUT2D eigenvalue weighted by Gasteiger charge is -2.45. The molecular formula is C24H27N3O. The number of hydrogen-bond donors (Lipinski definition) is 1. The number of anilines is 2. The Hall–Kier alpha value is -3.06. The summed E-state index contributed by atoms with van der Waals surface area (Å²) in [7, 11) is 2.12. The van der Waals surface area contributed by atoms with Crippen LogP contribution in [0.1, 0.15) is 49.8 Å². The molecule has 144 valence electrons. The molecule has 2 aromatic rings. The van der Waals surface area contributed by atoms with Crippen molar-refractivity contribution in [3.8, 4) is 6.07 Å². The maximum Gasteiger partial charge on any atom is 0.266 e. The summed E-state index contributed by atoms with van der Waals surface area (Å²) in [6.07, 6.45) is 2.72. The van der Waals surface area contributed by atoms with Crippen LogP contribution in [-0.4, -0.2) is 18.5 Å². The summed E-state index contributed by atoms with van der Waals surface area (Å²) in [6, 6.07) is 15.7. The molecule has 0 unspecified atom stereocenters. The van der Waals surface area contributed by atoms with Gasteiger partial charge in [-0.3, -0.25) is 4.79 Å². The van der Waals surface area contributed by atoms with Crippen LogP contribution in [0.5, 0.6) is 0 Å². The third-order valence-electron chi connectivity index (χ3n) is 5.64. The fourth-order valence-corrected chi connectivity index (χ4v) is 3.84. The van der Waals surface area contributed by atoms with Crippen LogP contribution in [0.3, 0.4) is 0 Å². The highest BCUT2D eigenvalue weighted by atomic mass is 16.1. The maximum atomic E-state index is 12.5. The molecule has 2 aromatic carbocycles. The van der Waals surface area contributed by atoms with E-state index in [4.69, 9.17) is 0 Å². The van der Waals surface area contributed by atoms with E-state index >= 15 is 0 Å². The van der Waals surface area contributed by atoms with Crippen LogP contribution in [0.15, 0.2) is 48.0 Å². The van der Waals surface area contributed by atoms with E-state index in [1.807, 2.05) is 43.3 Å². The molecule has 4 heteroatoms. The Balaban J connectivity index is 1.87. The zero-order valence-electron chi connectivity index (χ0n) is 17.2. The van der Waals surface area contributed by atoms with Crippen LogP contribution in [0.25, 0.3) is 6.08 Å². The second-order valence-corrected chi connectivity index (χ2v) is 8.28. The minimum Gasteiger partial charge on any atom is -0.369 e. The molecule has 1 aliphatic heterocycles. The molecule has 0 spiro atoms. The van der Waals surface area contributed by atoms with E-state index in [0.29, 0.717) is 11.6 Å². The lowest BCUT2D eigenvalue weighted by molar-refractivity contribution is -0.112. The van der Waals surface area contributed by atoms with Crippen molar-refractivity contribution in [3.63, 3.8) is 0 Å². The molecule has 0 aromatic heterocycles. The lowest BCUT2D eigenvalue weighted by Crippen LogP contribution is -2.45. The fraction of sp³-hybridized carbons (Fsp3) is 0.333. The first-order valence-electron chi connectivity index (χ1n) is 9.59. The van der Waals surface area contributed by atoms with Crippen molar-refractivity contribution in [1.82, 2.24) is 0 Å². The summed E-state index contributed by atoms with van der Waals surface area (Å²) in [5.74, 6) is 0.0249. The first kappa shape index (κ1) is 19.7. The molecular weight excluding hydrogens is 346 g/mol. The number of fused-ring (bicyclic) bond motifs is 1. The topological polar surface area (TPSA) is 56.1 Å². The van der Waals surface area contributed by atoms with E-state index in [1.165, 1.54) is 11.3 Å². The van der Waals surface area contributed by atoms with Gasteiger partial charge >= 0.3 is 0 Å². The normalized spacial score (nSPS) is 18.2. The van der Waals surface area contributed by atoms with Gasteiger partial charge in [0.05, 0.1) is 0 Å². The fourth-order valence-electron chi connectivity index (χ4n) is 3.84. The zero-order chi connectivity index (χ0) is 20.5. The van der Waals surface area contributed by atoms with Gasteiger partial charge in [0.2, 0.25) is 0 Å². The molecule has 0 radical (unpaired) electrons. The van der Waals surface area contributed by atoms with Crippen molar-refractivity contribution in [1.29, 1.82) is 5.26 Å². The average Bonchev–Trinajstić information content (AvgIpc) is 2.65.